The Morgan fingerprint density at radius 1 is 1.23 bits per heavy atom. The number of imide groups is 1. The fourth-order valence-corrected chi connectivity index (χ4v) is 3.92. The van der Waals surface area contributed by atoms with Gasteiger partial charge >= 0.3 is 0 Å². The van der Waals surface area contributed by atoms with Gasteiger partial charge in [0.25, 0.3) is 11.8 Å². The summed E-state index contributed by atoms with van der Waals surface area (Å²) >= 11 is 7.32. The van der Waals surface area contributed by atoms with E-state index in [1.807, 2.05) is 13.0 Å². The van der Waals surface area contributed by atoms with Crippen molar-refractivity contribution in [1.82, 2.24) is 9.80 Å². The van der Waals surface area contributed by atoms with Crippen LogP contribution in [0.4, 0.5) is 0 Å². The summed E-state index contributed by atoms with van der Waals surface area (Å²) in [7, 11) is 0. The minimum Gasteiger partial charge on any atom is -0.332 e. The van der Waals surface area contributed by atoms with Gasteiger partial charge in [-0.25, -0.2) is 0 Å². The number of benzene rings is 1. The lowest BCUT2D eigenvalue weighted by Crippen LogP contribution is -2.42. The minimum absolute atomic E-state index is 0.293. The monoisotopic (exact) mass is 388 g/mol. The molecule has 7 heteroatoms. The molecule has 0 spiro atoms. The number of carbonyl (C=O) groups is 3. The molecule has 0 saturated carbocycles. The van der Waals surface area contributed by atoms with Crippen LogP contribution >= 0.6 is 22.9 Å². The molecule has 0 atom stereocenters. The normalized spacial score (nSPS) is 13.1. The van der Waals surface area contributed by atoms with Gasteiger partial charge in [0.05, 0.1) is 22.0 Å². The van der Waals surface area contributed by atoms with Crippen molar-refractivity contribution in [1.29, 1.82) is 0 Å². The number of hydrogen-bond donors (Lipinski definition) is 0. The van der Waals surface area contributed by atoms with Crippen LogP contribution in [-0.2, 0) is 11.3 Å². The summed E-state index contributed by atoms with van der Waals surface area (Å²) in [6.07, 6.45) is 1.61. The Kier molecular flexibility index (Phi) is 5.25. The molecule has 1 aliphatic rings. The van der Waals surface area contributed by atoms with Crippen LogP contribution in [0.5, 0.6) is 0 Å². The summed E-state index contributed by atoms with van der Waals surface area (Å²) in [5, 5.41) is 0. The molecular weight excluding hydrogens is 372 g/mol. The lowest BCUT2D eigenvalue weighted by molar-refractivity contribution is -0.131. The van der Waals surface area contributed by atoms with E-state index < -0.39 is 11.8 Å². The number of fused-ring (bicyclic) bond motifs is 1. The van der Waals surface area contributed by atoms with Crippen LogP contribution in [0.1, 0.15) is 31.2 Å². The van der Waals surface area contributed by atoms with Crippen molar-refractivity contribution in [3.05, 3.63) is 68.9 Å². The molecule has 2 heterocycles. The van der Waals surface area contributed by atoms with Crippen molar-refractivity contribution in [2.75, 3.05) is 13.1 Å². The van der Waals surface area contributed by atoms with Gasteiger partial charge in [-0.15, -0.1) is 17.9 Å². The van der Waals surface area contributed by atoms with Gasteiger partial charge in [0.15, 0.2) is 0 Å². The number of rotatable bonds is 6. The third-order valence-corrected chi connectivity index (χ3v) is 5.31. The molecule has 3 rings (SSSR count). The summed E-state index contributed by atoms with van der Waals surface area (Å²) in [5.41, 5.74) is 1.58. The summed E-state index contributed by atoms with van der Waals surface area (Å²) in [5.74, 6) is -1.18. The number of halogens is 1. The van der Waals surface area contributed by atoms with Crippen LogP contribution in [0.25, 0.3) is 0 Å². The number of hydrogen-bond acceptors (Lipinski definition) is 4. The second-order valence-corrected chi connectivity index (χ2v) is 7.81. The minimum atomic E-state index is -0.434. The summed E-state index contributed by atoms with van der Waals surface area (Å²) in [6.45, 7) is 5.90. The number of thiophene rings is 1. The van der Waals surface area contributed by atoms with Crippen LogP contribution in [-0.4, -0.2) is 40.6 Å². The van der Waals surface area contributed by atoms with Crippen LogP contribution in [0.2, 0.25) is 4.34 Å². The molecule has 26 heavy (non-hydrogen) atoms. The topological polar surface area (TPSA) is 57.7 Å². The van der Waals surface area contributed by atoms with Gasteiger partial charge < -0.3 is 4.90 Å². The van der Waals surface area contributed by atoms with Crippen molar-refractivity contribution in [3.8, 4) is 0 Å². The molecule has 0 unspecified atom stereocenters. The SMILES string of the molecule is C=CCN(Cc1ccc(Cl)s1)C(=O)CN1C(=O)c2ccc(C)cc2C1=O. The lowest BCUT2D eigenvalue weighted by atomic mass is 10.1. The molecule has 1 aliphatic heterocycles. The summed E-state index contributed by atoms with van der Waals surface area (Å²) < 4.78 is 0.640. The smallest absolute Gasteiger partial charge is 0.262 e. The lowest BCUT2D eigenvalue weighted by Gasteiger charge is -2.23. The van der Waals surface area contributed by atoms with E-state index in [9.17, 15) is 14.4 Å². The van der Waals surface area contributed by atoms with Gasteiger partial charge in [-0.05, 0) is 31.2 Å². The van der Waals surface area contributed by atoms with Gasteiger partial charge in [-0.2, -0.15) is 0 Å². The number of aryl methyl sites for hydroxylation is 1. The fraction of sp³-hybridized carbons (Fsp3) is 0.211. The first-order chi connectivity index (χ1) is 12.4. The molecule has 0 fully saturated rings. The van der Waals surface area contributed by atoms with E-state index in [-0.39, 0.29) is 12.5 Å². The highest BCUT2D eigenvalue weighted by atomic mass is 35.5. The van der Waals surface area contributed by atoms with E-state index >= 15 is 0 Å². The Hall–Kier alpha value is -2.44. The molecule has 3 amide bonds. The van der Waals surface area contributed by atoms with Gasteiger partial charge in [-0.1, -0.05) is 29.3 Å². The van der Waals surface area contributed by atoms with E-state index in [1.165, 1.54) is 11.3 Å². The highest BCUT2D eigenvalue weighted by Gasteiger charge is 2.37. The number of nitrogens with zero attached hydrogens (tertiary/aromatic N) is 2. The zero-order valence-electron chi connectivity index (χ0n) is 14.2. The Morgan fingerprint density at radius 3 is 2.62 bits per heavy atom. The molecule has 5 nitrogen and oxygen atoms in total. The first-order valence-corrected chi connectivity index (χ1v) is 9.20. The van der Waals surface area contributed by atoms with E-state index in [2.05, 4.69) is 6.58 Å². The van der Waals surface area contributed by atoms with Crippen molar-refractivity contribution in [2.45, 2.75) is 13.5 Å². The molecule has 1 aromatic heterocycles. The first kappa shape index (κ1) is 18.4. The Bertz CT molecular complexity index is 906. The predicted octanol–water partition coefficient (Wildman–Crippen LogP) is 3.52. The summed E-state index contributed by atoms with van der Waals surface area (Å²) in [6, 6.07) is 8.70. The molecule has 2 aromatic rings. The van der Waals surface area contributed by atoms with Gasteiger partial charge in [0.2, 0.25) is 5.91 Å². The highest BCUT2D eigenvalue weighted by Crippen LogP contribution is 2.25. The van der Waals surface area contributed by atoms with Gasteiger partial charge in [0.1, 0.15) is 6.54 Å². The van der Waals surface area contributed by atoms with Crippen molar-refractivity contribution in [2.24, 2.45) is 0 Å². The largest absolute Gasteiger partial charge is 0.332 e. The standard InChI is InChI=1S/C19H17ClN2O3S/c1-3-8-21(10-13-5-7-16(20)26-13)17(23)11-22-18(24)14-6-4-12(2)9-15(14)19(22)25/h3-7,9H,1,8,10-11H2,2H3. The second-order valence-electron chi connectivity index (χ2n) is 6.01. The zero-order valence-corrected chi connectivity index (χ0v) is 15.8. The maximum absolute atomic E-state index is 12.7. The maximum Gasteiger partial charge on any atom is 0.262 e. The third-order valence-electron chi connectivity index (χ3n) is 4.10. The molecule has 0 bridgehead atoms. The average molecular weight is 389 g/mol. The fourth-order valence-electron chi connectivity index (χ4n) is 2.82. The van der Waals surface area contributed by atoms with Gasteiger partial charge in [0, 0.05) is 11.4 Å². The van der Waals surface area contributed by atoms with Gasteiger partial charge in [-0.3, -0.25) is 19.3 Å². The predicted molar refractivity (Wildman–Crippen MR) is 101 cm³/mol. The highest BCUT2D eigenvalue weighted by molar-refractivity contribution is 7.16. The van der Waals surface area contributed by atoms with Crippen molar-refractivity contribution in [3.63, 3.8) is 0 Å². The van der Waals surface area contributed by atoms with E-state index in [4.69, 9.17) is 11.6 Å². The molecule has 0 aliphatic carbocycles. The second kappa shape index (κ2) is 7.43. The molecule has 1 aromatic carbocycles. The van der Waals surface area contributed by atoms with Crippen molar-refractivity contribution >= 4 is 40.7 Å². The van der Waals surface area contributed by atoms with Crippen LogP contribution < -0.4 is 0 Å². The first-order valence-electron chi connectivity index (χ1n) is 8.00. The quantitative estimate of drug-likeness (QED) is 0.562. The zero-order chi connectivity index (χ0) is 18.8. The van der Waals surface area contributed by atoms with E-state index in [0.717, 1.165) is 15.3 Å². The Morgan fingerprint density at radius 2 is 1.96 bits per heavy atom. The van der Waals surface area contributed by atoms with Crippen LogP contribution in [0, 0.1) is 6.92 Å². The third kappa shape index (κ3) is 3.57. The Labute approximate surface area is 160 Å². The number of carbonyl (C=O) groups excluding carboxylic acids is 3. The van der Waals surface area contributed by atoms with Crippen molar-refractivity contribution < 1.29 is 14.4 Å². The van der Waals surface area contributed by atoms with E-state index in [0.29, 0.717) is 28.6 Å². The summed E-state index contributed by atoms with van der Waals surface area (Å²) in [4.78, 5) is 41.2. The number of amides is 3. The molecule has 0 radical (unpaired) electrons. The molecular formula is C19H17ClN2O3S. The van der Waals surface area contributed by atoms with Crippen LogP contribution in [0.3, 0.4) is 0 Å². The van der Waals surface area contributed by atoms with Crippen LogP contribution in [0.15, 0.2) is 43.0 Å². The maximum atomic E-state index is 12.7. The molecule has 0 saturated heterocycles. The molecule has 0 N–H and O–H groups in total. The van der Waals surface area contributed by atoms with E-state index in [1.54, 1.807) is 35.2 Å². The Balaban J connectivity index is 1.76. The molecule has 134 valence electrons. The average Bonchev–Trinajstić information content (AvgIpc) is 3.11.